The van der Waals surface area contributed by atoms with Crippen molar-refractivity contribution in [2.75, 3.05) is 0 Å². The van der Waals surface area contributed by atoms with E-state index >= 15 is 0 Å². The summed E-state index contributed by atoms with van der Waals surface area (Å²) in [6, 6.07) is 59.9. The van der Waals surface area contributed by atoms with Gasteiger partial charge in [0.25, 0.3) is 0 Å². The lowest BCUT2D eigenvalue weighted by molar-refractivity contribution is 0.660. The molecule has 3 heteroatoms. The average Bonchev–Trinajstić information content (AvgIpc) is 3.81. The third-order valence-electron chi connectivity index (χ3n) is 12.2. The third-order valence-corrected chi connectivity index (χ3v) is 13.4. The average molecular weight is 709 g/mol. The largest absolute Gasteiger partial charge is 0.228 e. The summed E-state index contributed by atoms with van der Waals surface area (Å²) < 4.78 is 2.54. The summed E-state index contributed by atoms with van der Waals surface area (Å²) in [5.41, 5.74) is 16.5. The van der Waals surface area contributed by atoms with Crippen molar-refractivity contribution in [3.05, 3.63) is 192 Å². The standard InChI is InChI=1S/C51H36N2S/c1-50(2)41-21-10-7-16-34(41)36-27-25-32(29-43(36)50)49-52-45(30-46(53-49)40-20-13-19-39-38-18-9-12-23-47(38)54-48(39)40)31-24-26-37-35-17-8-11-22-42(35)51(3,44(37)28-31)33-14-5-4-6-15-33/h4-30H,1-3H3. The summed E-state index contributed by atoms with van der Waals surface area (Å²) >= 11 is 1.84. The van der Waals surface area contributed by atoms with Crippen LogP contribution >= 0.6 is 11.3 Å². The molecule has 1 unspecified atom stereocenters. The minimum Gasteiger partial charge on any atom is -0.228 e. The molecule has 9 aromatic rings. The number of aromatic nitrogens is 2. The van der Waals surface area contributed by atoms with Gasteiger partial charge in [-0.1, -0.05) is 153 Å². The Morgan fingerprint density at radius 2 is 1.02 bits per heavy atom. The van der Waals surface area contributed by atoms with E-state index in [4.69, 9.17) is 9.97 Å². The Kier molecular flexibility index (Phi) is 6.63. The van der Waals surface area contributed by atoms with Gasteiger partial charge in [-0.25, -0.2) is 9.97 Å². The van der Waals surface area contributed by atoms with Gasteiger partial charge in [0.1, 0.15) is 0 Å². The fraction of sp³-hybridized carbons (Fsp3) is 0.0980. The van der Waals surface area contributed by atoms with Crippen LogP contribution < -0.4 is 0 Å². The Labute approximate surface area is 319 Å². The molecule has 0 bridgehead atoms. The number of fused-ring (bicyclic) bond motifs is 9. The van der Waals surface area contributed by atoms with Crippen molar-refractivity contribution in [1.82, 2.24) is 9.97 Å². The van der Waals surface area contributed by atoms with Crippen LogP contribution in [0.4, 0.5) is 0 Å². The van der Waals surface area contributed by atoms with Crippen LogP contribution in [0.15, 0.2) is 164 Å². The second-order valence-electron chi connectivity index (χ2n) is 15.5. The summed E-state index contributed by atoms with van der Waals surface area (Å²) in [6.07, 6.45) is 0. The van der Waals surface area contributed by atoms with E-state index in [1.807, 2.05) is 11.3 Å². The van der Waals surface area contributed by atoms with Crippen LogP contribution in [-0.4, -0.2) is 9.97 Å². The van der Waals surface area contributed by atoms with Crippen LogP contribution in [0.2, 0.25) is 0 Å². The van der Waals surface area contributed by atoms with Gasteiger partial charge in [0.2, 0.25) is 0 Å². The molecule has 7 aromatic carbocycles. The van der Waals surface area contributed by atoms with E-state index in [0.29, 0.717) is 0 Å². The van der Waals surface area contributed by atoms with Crippen LogP contribution in [0.25, 0.3) is 76.3 Å². The molecule has 0 N–H and O–H groups in total. The zero-order chi connectivity index (χ0) is 36.2. The second-order valence-corrected chi connectivity index (χ2v) is 16.5. The topological polar surface area (TPSA) is 25.8 Å². The number of nitrogens with zero attached hydrogens (tertiary/aromatic N) is 2. The Morgan fingerprint density at radius 3 is 1.85 bits per heavy atom. The Hall–Kier alpha value is -6.16. The molecule has 0 saturated carbocycles. The predicted molar refractivity (Wildman–Crippen MR) is 226 cm³/mol. The number of hydrogen-bond donors (Lipinski definition) is 0. The molecule has 2 aliphatic carbocycles. The molecule has 2 nitrogen and oxygen atoms in total. The maximum absolute atomic E-state index is 5.43. The van der Waals surface area contributed by atoms with Crippen LogP contribution in [-0.2, 0) is 10.8 Å². The summed E-state index contributed by atoms with van der Waals surface area (Å²) in [5, 5.41) is 2.55. The molecule has 0 saturated heterocycles. The van der Waals surface area contributed by atoms with E-state index in [-0.39, 0.29) is 10.8 Å². The van der Waals surface area contributed by atoms with Gasteiger partial charge >= 0.3 is 0 Å². The van der Waals surface area contributed by atoms with Crippen molar-refractivity contribution in [2.45, 2.75) is 31.6 Å². The molecule has 256 valence electrons. The van der Waals surface area contributed by atoms with Gasteiger partial charge in [0, 0.05) is 47.7 Å². The highest BCUT2D eigenvalue weighted by Gasteiger charge is 2.41. The Morgan fingerprint density at radius 1 is 0.426 bits per heavy atom. The highest BCUT2D eigenvalue weighted by molar-refractivity contribution is 7.26. The van der Waals surface area contributed by atoms with Gasteiger partial charge in [-0.2, -0.15) is 0 Å². The molecule has 0 fully saturated rings. The van der Waals surface area contributed by atoms with Crippen molar-refractivity contribution < 1.29 is 0 Å². The van der Waals surface area contributed by atoms with Crippen LogP contribution in [0, 0.1) is 0 Å². The number of thiophene rings is 1. The van der Waals surface area contributed by atoms with Crippen molar-refractivity contribution in [3.8, 4) is 56.2 Å². The van der Waals surface area contributed by atoms with Crippen molar-refractivity contribution in [1.29, 1.82) is 0 Å². The zero-order valence-corrected chi connectivity index (χ0v) is 31.2. The molecular weight excluding hydrogens is 673 g/mol. The zero-order valence-electron chi connectivity index (χ0n) is 30.4. The predicted octanol–water partition coefficient (Wildman–Crippen LogP) is 13.5. The smallest absolute Gasteiger partial charge is 0.160 e. The molecule has 2 aromatic heterocycles. The minimum atomic E-state index is -0.300. The fourth-order valence-corrected chi connectivity index (χ4v) is 10.6. The minimum absolute atomic E-state index is 0.123. The van der Waals surface area contributed by atoms with Crippen molar-refractivity contribution in [2.24, 2.45) is 0 Å². The first-order chi connectivity index (χ1) is 26.4. The Bertz CT molecular complexity index is 2990. The van der Waals surface area contributed by atoms with E-state index in [1.165, 1.54) is 70.2 Å². The quantitative estimate of drug-likeness (QED) is 0.182. The fourth-order valence-electron chi connectivity index (χ4n) is 9.39. The summed E-state index contributed by atoms with van der Waals surface area (Å²) in [5.74, 6) is 0.741. The highest BCUT2D eigenvalue weighted by Crippen LogP contribution is 2.54. The van der Waals surface area contributed by atoms with Crippen LogP contribution in [0.3, 0.4) is 0 Å². The van der Waals surface area contributed by atoms with Gasteiger partial charge in [-0.05, 0) is 81.3 Å². The molecule has 54 heavy (non-hydrogen) atoms. The van der Waals surface area contributed by atoms with Crippen molar-refractivity contribution in [3.63, 3.8) is 0 Å². The SMILES string of the molecule is CC1(C)c2ccccc2-c2ccc(-c3nc(-c4ccc5c(c4)C(C)(c4ccccc4)c4ccccc4-5)cc(-c4cccc5c4sc4ccccc45)n3)cc21. The maximum Gasteiger partial charge on any atom is 0.160 e. The summed E-state index contributed by atoms with van der Waals surface area (Å²) in [7, 11) is 0. The number of benzene rings is 7. The monoisotopic (exact) mass is 708 g/mol. The normalized spacial score (nSPS) is 16.3. The van der Waals surface area contributed by atoms with E-state index < -0.39 is 0 Å². The lowest BCUT2D eigenvalue weighted by Gasteiger charge is -2.28. The summed E-state index contributed by atoms with van der Waals surface area (Å²) in [6.45, 7) is 7.04. The second kappa shape index (κ2) is 11.4. The third kappa shape index (κ3) is 4.39. The van der Waals surface area contributed by atoms with Crippen LogP contribution in [0.5, 0.6) is 0 Å². The molecule has 0 spiro atoms. The number of hydrogen-bond acceptors (Lipinski definition) is 3. The van der Waals surface area contributed by atoms with E-state index in [2.05, 4.69) is 185 Å². The molecule has 0 aliphatic heterocycles. The molecule has 2 heterocycles. The lowest BCUT2D eigenvalue weighted by Crippen LogP contribution is -2.22. The molecule has 2 aliphatic rings. The van der Waals surface area contributed by atoms with E-state index in [9.17, 15) is 0 Å². The van der Waals surface area contributed by atoms with E-state index in [0.717, 1.165) is 33.9 Å². The number of rotatable bonds is 4. The van der Waals surface area contributed by atoms with E-state index in [1.54, 1.807) is 0 Å². The first kappa shape index (κ1) is 31.4. The highest BCUT2D eigenvalue weighted by atomic mass is 32.1. The maximum atomic E-state index is 5.43. The molecule has 0 radical (unpaired) electrons. The molecule has 11 rings (SSSR count). The van der Waals surface area contributed by atoms with Gasteiger partial charge in [-0.3, -0.25) is 0 Å². The molecule has 0 amide bonds. The van der Waals surface area contributed by atoms with Crippen molar-refractivity contribution >= 4 is 31.5 Å². The first-order valence-corrected chi connectivity index (χ1v) is 19.6. The van der Waals surface area contributed by atoms with Gasteiger partial charge in [-0.15, -0.1) is 11.3 Å². The summed E-state index contributed by atoms with van der Waals surface area (Å²) in [4.78, 5) is 10.9. The van der Waals surface area contributed by atoms with Gasteiger partial charge in [0.15, 0.2) is 5.82 Å². The molecular formula is C51H36N2S. The van der Waals surface area contributed by atoms with Gasteiger partial charge in [0.05, 0.1) is 11.4 Å². The molecule has 1 atom stereocenters. The first-order valence-electron chi connectivity index (χ1n) is 18.7. The lowest BCUT2D eigenvalue weighted by atomic mass is 9.74. The Balaban J connectivity index is 1.14. The van der Waals surface area contributed by atoms with Crippen LogP contribution in [0.1, 0.15) is 48.6 Å². The van der Waals surface area contributed by atoms with Gasteiger partial charge < -0.3 is 0 Å².